The van der Waals surface area contributed by atoms with E-state index in [0.29, 0.717) is 134 Å². The molecule has 0 aliphatic carbocycles. The fourth-order valence-corrected chi connectivity index (χ4v) is 13.4. The number of nitrogens with one attached hydrogen (secondary N) is 4. The van der Waals surface area contributed by atoms with E-state index in [-0.39, 0.29) is 83.4 Å². The zero-order valence-corrected chi connectivity index (χ0v) is 59.7. The van der Waals surface area contributed by atoms with Crippen molar-refractivity contribution < 1.29 is 69.2 Å². The van der Waals surface area contributed by atoms with Crippen LogP contribution in [-0.4, -0.2) is 185 Å². The zero-order chi connectivity index (χ0) is 71.8. The first-order chi connectivity index (χ1) is 47.9. The predicted molar refractivity (Wildman–Crippen MR) is 383 cm³/mol. The van der Waals surface area contributed by atoms with Gasteiger partial charge in [-0.25, -0.2) is 0 Å². The van der Waals surface area contributed by atoms with Crippen molar-refractivity contribution in [3.05, 3.63) is 93.7 Å². The molecule has 4 aromatic carbocycles. The zero-order valence-electron chi connectivity index (χ0n) is 55.6. The number of methoxy groups -OCH3 is 2. The molecule has 2 aliphatic rings. The molecule has 9 rings (SSSR count). The van der Waals surface area contributed by atoms with Gasteiger partial charge in [-0.3, -0.25) is 28.3 Å². The number of ketones is 2. The maximum atomic E-state index is 13.8. The number of anilines is 10. The number of carbonyl (C=O) groups is 4. The molecule has 0 bridgehead atoms. The van der Waals surface area contributed by atoms with Crippen LogP contribution in [0.25, 0.3) is 12.2 Å². The minimum absolute atomic E-state index is 0.0269. The molecule has 0 unspecified atom stereocenters. The van der Waals surface area contributed by atoms with E-state index in [1.54, 1.807) is 12.1 Å². The lowest BCUT2D eigenvalue weighted by Crippen LogP contribution is -2.36. The van der Waals surface area contributed by atoms with Crippen LogP contribution in [0.1, 0.15) is 51.3 Å². The Morgan fingerprint density at radius 1 is 0.590 bits per heavy atom. The molecular formula is C63H73N17O15S5. The lowest BCUT2D eigenvalue weighted by molar-refractivity contribution is -0.120. The summed E-state index contributed by atoms with van der Waals surface area (Å²) < 4.78 is 88.9. The van der Waals surface area contributed by atoms with E-state index in [1.807, 2.05) is 49.6 Å². The molecule has 0 saturated carbocycles. The molecule has 7 aromatic rings. The van der Waals surface area contributed by atoms with Gasteiger partial charge < -0.3 is 64.9 Å². The SMILES string of the molecule is CCN(CC)c1cc(Nc2nc(Nc3cc(N(CC)CC)c(OC)cc3/N=N/c3nc(N4CCOCC4)c(/C=C(\C(C)=O)C(=O)Nc4ccc(S(=O)(=O)O)cc4)s3)nc(SCCO)n2)c(/N=N/c2nc(N3CCOCC3)c(/C=C(/C(C)=O)C(=O)Nc3ccc(S(=O)(=O)O)cc3)s2)cc1OC. The Bertz CT molecular complexity index is 4220. The summed E-state index contributed by atoms with van der Waals surface area (Å²) >= 11 is 3.27. The minimum atomic E-state index is -4.51. The summed E-state index contributed by atoms with van der Waals surface area (Å²) in [5.41, 5.74) is 2.38. The Labute approximate surface area is 588 Å². The summed E-state index contributed by atoms with van der Waals surface area (Å²) in [6, 6.07) is 16.5. The normalized spacial score (nSPS) is 13.9. The van der Waals surface area contributed by atoms with Crippen molar-refractivity contribution in [2.24, 2.45) is 20.5 Å². The number of hydrogen-bond acceptors (Lipinski definition) is 31. The van der Waals surface area contributed by atoms with E-state index in [0.717, 1.165) is 58.7 Å². The Balaban J connectivity index is 1.10. The van der Waals surface area contributed by atoms with Crippen LogP contribution in [0.4, 0.5) is 79.3 Å². The standard InChI is InChI=1S/C63H73N17O15S5/c1-9-77(10-2)49-33-45(47(35-51(49)92-7)73-75-62-68-55(79-21-26-94-27-22-79)53(97-62)31-43(37(5)82)57(84)64-39-13-17-41(18-14-39)99(86,87)88)66-59-70-60(72-61(71-59)96-30-25-81)67-46-34-50(78(11-3)12-4)52(93-8)36-48(46)74-76-63-69-56(80-23-28-95-29-24-80)54(98-63)32-44(38(6)83)58(85)65-40-15-19-42(20-16-40)100(89,90)91/h13-20,31-36,81H,9-12,21-30H2,1-8H3,(H,64,84)(H,65,85)(H,86,87,88)(H,89,90,91)(H2,66,67,70,71,72)/b43-31-,44-32+,75-73+,76-74+. The van der Waals surface area contributed by atoms with Gasteiger partial charge >= 0.3 is 0 Å². The van der Waals surface area contributed by atoms with Crippen LogP contribution in [0.2, 0.25) is 0 Å². The van der Waals surface area contributed by atoms with Crippen LogP contribution >= 0.6 is 34.4 Å². The van der Waals surface area contributed by atoms with Gasteiger partial charge in [0.1, 0.15) is 34.5 Å². The van der Waals surface area contributed by atoms with Crippen molar-refractivity contribution in [2.75, 3.05) is 146 Å². The van der Waals surface area contributed by atoms with Gasteiger partial charge in [-0.2, -0.15) is 41.8 Å². The number of aliphatic hydroxyl groups excluding tert-OH is 1. The number of azo groups is 2. The average molecular weight is 1470 g/mol. The van der Waals surface area contributed by atoms with Crippen LogP contribution in [0.15, 0.2) is 119 Å². The number of ether oxygens (including phenoxy) is 4. The number of Topliss-reactive ketones (excluding diaryl/α,β-unsaturated/α-hetero) is 2. The van der Waals surface area contributed by atoms with Gasteiger partial charge in [-0.05, 0) is 114 Å². The molecule has 3 aromatic heterocycles. The number of carbonyl (C=O) groups excluding carboxylic acids is 4. The number of nitrogens with zero attached hydrogens (tertiary/aromatic N) is 13. The van der Waals surface area contributed by atoms with Crippen LogP contribution in [0, 0.1) is 0 Å². The Kier molecular flexibility index (Phi) is 25.5. The lowest BCUT2D eigenvalue weighted by Gasteiger charge is -2.27. The van der Waals surface area contributed by atoms with E-state index in [4.69, 9.17) is 54.1 Å². The van der Waals surface area contributed by atoms with Gasteiger partial charge in [0.15, 0.2) is 16.7 Å². The molecule has 2 saturated heterocycles. The third-order valence-corrected chi connectivity index (χ3v) is 19.5. The van der Waals surface area contributed by atoms with Gasteiger partial charge in [0, 0.05) is 81.6 Å². The number of thioether (sulfide) groups is 1. The fourth-order valence-electron chi connectivity index (χ4n) is 10.2. The maximum Gasteiger partial charge on any atom is 0.294 e. The number of benzene rings is 4. The Morgan fingerprint density at radius 3 is 1.30 bits per heavy atom. The van der Waals surface area contributed by atoms with Gasteiger partial charge in [-0.15, -0.1) is 20.5 Å². The predicted octanol–water partition coefficient (Wildman–Crippen LogP) is 10.3. The first-order valence-corrected chi connectivity index (χ1v) is 36.7. The molecule has 530 valence electrons. The van der Waals surface area contributed by atoms with Crippen molar-refractivity contribution >= 4 is 169 Å². The molecular weight excluding hydrogens is 1400 g/mol. The molecule has 100 heavy (non-hydrogen) atoms. The molecule has 0 spiro atoms. The summed E-state index contributed by atoms with van der Waals surface area (Å²) in [6.45, 7) is 15.8. The van der Waals surface area contributed by atoms with Gasteiger partial charge in [0.25, 0.3) is 32.1 Å². The van der Waals surface area contributed by atoms with Gasteiger partial charge in [0.05, 0.1) is 101 Å². The molecule has 37 heteroatoms. The quantitative estimate of drug-likeness (QED) is 0.00530. The number of aliphatic hydroxyl groups is 1. The van der Waals surface area contributed by atoms with Gasteiger partial charge in [0.2, 0.25) is 22.2 Å². The van der Waals surface area contributed by atoms with E-state index in [9.17, 15) is 50.2 Å². The topological polar surface area (TPSA) is 409 Å². The Hall–Kier alpha value is -9.44. The second-order valence-electron chi connectivity index (χ2n) is 21.6. The summed E-state index contributed by atoms with van der Waals surface area (Å²) in [7, 11) is -5.95. The van der Waals surface area contributed by atoms with Crippen LogP contribution in [-0.2, 0) is 48.9 Å². The summed E-state index contributed by atoms with van der Waals surface area (Å²) in [4.78, 5) is 86.2. The van der Waals surface area contributed by atoms with Crippen molar-refractivity contribution in [2.45, 2.75) is 56.5 Å². The first kappa shape index (κ1) is 74.8. The Morgan fingerprint density at radius 2 is 0.970 bits per heavy atom. The first-order valence-electron chi connectivity index (χ1n) is 31.2. The fraction of sp³-hybridized carbons (Fsp3) is 0.349. The lowest BCUT2D eigenvalue weighted by atomic mass is 10.1. The van der Waals surface area contributed by atoms with Crippen molar-refractivity contribution in [3.8, 4) is 11.5 Å². The highest BCUT2D eigenvalue weighted by Gasteiger charge is 2.27. The number of thiazole rings is 2. The molecule has 2 amide bonds. The van der Waals surface area contributed by atoms with Crippen molar-refractivity contribution in [1.29, 1.82) is 0 Å². The highest BCUT2D eigenvalue weighted by molar-refractivity contribution is 7.99. The smallest absolute Gasteiger partial charge is 0.294 e. The van der Waals surface area contributed by atoms with Crippen molar-refractivity contribution in [1.82, 2.24) is 24.9 Å². The molecule has 5 heterocycles. The number of morpholine rings is 2. The number of rotatable bonds is 31. The summed E-state index contributed by atoms with van der Waals surface area (Å²) in [5, 5.41) is 41.2. The maximum absolute atomic E-state index is 13.8. The summed E-state index contributed by atoms with van der Waals surface area (Å²) in [6.07, 6.45) is 2.81. The van der Waals surface area contributed by atoms with E-state index in [1.165, 1.54) is 64.5 Å². The van der Waals surface area contributed by atoms with Crippen LogP contribution < -0.4 is 50.3 Å². The monoisotopic (exact) mass is 1470 g/mol. The third-order valence-electron chi connectivity index (χ3n) is 15.2. The van der Waals surface area contributed by atoms with E-state index in [2.05, 4.69) is 41.3 Å². The molecule has 2 aliphatic heterocycles. The molecule has 32 nitrogen and oxygen atoms in total. The number of amides is 2. The highest BCUT2D eigenvalue weighted by Crippen LogP contribution is 2.45. The second kappa shape index (κ2) is 34.1. The minimum Gasteiger partial charge on any atom is -0.494 e. The van der Waals surface area contributed by atoms with Gasteiger partial charge in [-0.1, -0.05) is 34.4 Å². The average Bonchev–Trinajstić information content (AvgIpc) is 1.30. The highest BCUT2D eigenvalue weighted by atomic mass is 32.2. The van der Waals surface area contributed by atoms with E-state index >= 15 is 0 Å². The van der Waals surface area contributed by atoms with Crippen LogP contribution in [0.5, 0.6) is 11.5 Å². The number of hydrogen-bond donors (Lipinski definition) is 7. The second-order valence-corrected chi connectivity index (χ2v) is 27.5. The third kappa shape index (κ3) is 19.1. The molecule has 2 fully saturated rings. The molecule has 7 N–H and O–H groups in total. The van der Waals surface area contributed by atoms with Crippen LogP contribution in [0.3, 0.4) is 0 Å². The van der Waals surface area contributed by atoms with E-state index < -0.39 is 43.6 Å². The summed E-state index contributed by atoms with van der Waals surface area (Å²) in [5.74, 6) is -0.774. The molecule has 0 atom stereocenters. The van der Waals surface area contributed by atoms with Crippen molar-refractivity contribution in [3.63, 3.8) is 0 Å². The molecule has 0 radical (unpaired) electrons. The number of aromatic nitrogens is 5. The largest absolute Gasteiger partial charge is 0.494 e.